The number of hydrogen-bond donors (Lipinski definition) is 0. The Balaban J connectivity index is 1.24. The van der Waals surface area contributed by atoms with Crippen LogP contribution in [0.25, 0.3) is 110 Å². The molecule has 0 spiro atoms. The zero-order chi connectivity index (χ0) is 35.3. The average Bonchev–Trinajstić information content (AvgIpc) is 3.74. The smallest absolute Gasteiger partial charge is 0.165 e. The van der Waals surface area contributed by atoms with Crippen molar-refractivity contribution < 1.29 is 0 Å². The molecular formula is C50H30N4. The van der Waals surface area contributed by atoms with Gasteiger partial charge in [0.2, 0.25) is 0 Å². The van der Waals surface area contributed by atoms with Crippen molar-refractivity contribution in [1.29, 1.82) is 0 Å². The summed E-state index contributed by atoms with van der Waals surface area (Å²) in [7, 11) is 0. The molecule has 0 atom stereocenters. The highest BCUT2D eigenvalue weighted by Gasteiger charge is 2.23. The minimum absolute atomic E-state index is 0.811. The average molecular weight is 687 g/mol. The van der Waals surface area contributed by atoms with E-state index in [1.807, 2.05) is 12.1 Å². The predicted octanol–water partition coefficient (Wildman–Crippen LogP) is 13.0. The molecule has 4 nitrogen and oxygen atoms in total. The maximum atomic E-state index is 5.50. The molecule has 0 radical (unpaired) electrons. The van der Waals surface area contributed by atoms with Gasteiger partial charge in [0.05, 0.1) is 33.1 Å². The molecule has 0 aliphatic rings. The molecule has 0 aliphatic carbocycles. The van der Waals surface area contributed by atoms with Crippen LogP contribution in [0.4, 0.5) is 0 Å². The van der Waals surface area contributed by atoms with Crippen LogP contribution in [0.2, 0.25) is 0 Å². The third-order valence-corrected chi connectivity index (χ3v) is 11.2. The van der Waals surface area contributed by atoms with Gasteiger partial charge in [-0.1, -0.05) is 133 Å². The normalized spacial score (nSPS) is 12.1. The lowest BCUT2D eigenvalue weighted by atomic mass is 10.0. The predicted molar refractivity (Wildman–Crippen MR) is 226 cm³/mol. The number of benzene rings is 9. The zero-order valence-corrected chi connectivity index (χ0v) is 29.1. The summed E-state index contributed by atoms with van der Waals surface area (Å²) in [6.07, 6.45) is 0. The Morgan fingerprint density at radius 3 is 1.80 bits per heavy atom. The first-order chi connectivity index (χ1) is 26.8. The Morgan fingerprint density at radius 1 is 0.333 bits per heavy atom. The third-order valence-electron chi connectivity index (χ3n) is 11.2. The van der Waals surface area contributed by atoms with Crippen molar-refractivity contribution in [3.63, 3.8) is 0 Å². The van der Waals surface area contributed by atoms with E-state index >= 15 is 0 Å². The number of nitrogens with zero attached hydrogens (tertiary/aromatic N) is 4. The van der Waals surface area contributed by atoms with Crippen LogP contribution in [0.1, 0.15) is 0 Å². The molecule has 0 N–H and O–H groups in total. The van der Waals surface area contributed by atoms with E-state index in [4.69, 9.17) is 9.97 Å². The fourth-order valence-electron chi connectivity index (χ4n) is 8.84. The van der Waals surface area contributed by atoms with Crippen molar-refractivity contribution in [3.8, 4) is 22.8 Å². The molecule has 54 heavy (non-hydrogen) atoms. The molecule has 0 amide bonds. The number of para-hydroxylation sites is 3. The van der Waals surface area contributed by atoms with Crippen LogP contribution in [-0.4, -0.2) is 19.1 Å². The lowest BCUT2D eigenvalue weighted by Crippen LogP contribution is -2.04. The summed E-state index contributed by atoms with van der Waals surface area (Å²) in [5, 5.41) is 12.1. The highest BCUT2D eigenvalue weighted by Crippen LogP contribution is 2.42. The molecule has 0 aliphatic heterocycles. The van der Waals surface area contributed by atoms with Gasteiger partial charge in [0.15, 0.2) is 5.82 Å². The number of fused-ring (bicyclic) bond motifs is 11. The molecule has 4 heteroatoms. The lowest BCUT2D eigenvalue weighted by molar-refractivity contribution is 1.08. The van der Waals surface area contributed by atoms with E-state index in [2.05, 4.69) is 179 Å². The monoisotopic (exact) mass is 686 g/mol. The van der Waals surface area contributed by atoms with E-state index in [-0.39, 0.29) is 0 Å². The molecule has 0 fully saturated rings. The molecule has 250 valence electrons. The van der Waals surface area contributed by atoms with Crippen LogP contribution in [0.5, 0.6) is 0 Å². The molecule has 3 aromatic heterocycles. The Labute approximate surface area is 309 Å². The van der Waals surface area contributed by atoms with Crippen molar-refractivity contribution in [2.45, 2.75) is 0 Å². The highest BCUT2D eigenvalue weighted by molar-refractivity contribution is 6.22. The van der Waals surface area contributed by atoms with Crippen LogP contribution in [-0.2, 0) is 0 Å². The summed E-state index contributed by atoms with van der Waals surface area (Å²) in [6, 6.07) is 65.5. The SMILES string of the molecule is c1ccc2cc3c(cc2c1)c1ccccc1n3-c1ccc2c3c4ccccc4ccc3n(-c3nc4ccccc4nc3-c3cccc4ccccc34)c2c1. The molecule has 0 unspecified atom stereocenters. The van der Waals surface area contributed by atoms with E-state index in [0.29, 0.717) is 0 Å². The first kappa shape index (κ1) is 29.3. The largest absolute Gasteiger partial charge is 0.309 e. The molecule has 9 aromatic carbocycles. The molecule has 12 rings (SSSR count). The van der Waals surface area contributed by atoms with Crippen molar-refractivity contribution in [3.05, 3.63) is 182 Å². The van der Waals surface area contributed by atoms with E-state index in [9.17, 15) is 0 Å². The summed E-state index contributed by atoms with van der Waals surface area (Å²) >= 11 is 0. The van der Waals surface area contributed by atoms with Gasteiger partial charge in [-0.3, -0.25) is 4.57 Å². The number of aromatic nitrogens is 4. The maximum absolute atomic E-state index is 5.50. The molecular weight excluding hydrogens is 657 g/mol. The van der Waals surface area contributed by atoms with Gasteiger partial charge in [-0.25, -0.2) is 9.97 Å². The fraction of sp³-hybridized carbons (Fsp3) is 0. The van der Waals surface area contributed by atoms with E-state index < -0.39 is 0 Å². The quantitative estimate of drug-likeness (QED) is 0.185. The zero-order valence-electron chi connectivity index (χ0n) is 29.1. The third kappa shape index (κ3) is 4.13. The van der Waals surface area contributed by atoms with Crippen molar-refractivity contribution in [1.82, 2.24) is 19.1 Å². The second-order valence-corrected chi connectivity index (χ2v) is 14.2. The summed E-state index contributed by atoms with van der Waals surface area (Å²) in [6.45, 7) is 0. The van der Waals surface area contributed by atoms with Gasteiger partial charge in [-0.15, -0.1) is 0 Å². The van der Waals surface area contributed by atoms with Gasteiger partial charge in [0.25, 0.3) is 0 Å². The van der Waals surface area contributed by atoms with Crippen LogP contribution in [0, 0.1) is 0 Å². The van der Waals surface area contributed by atoms with Gasteiger partial charge < -0.3 is 4.57 Å². The fourth-order valence-corrected chi connectivity index (χ4v) is 8.84. The summed E-state index contributed by atoms with van der Waals surface area (Å²) in [5.74, 6) is 0.811. The van der Waals surface area contributed by atoms with Gasteiger partial charge in [-0.05, 0) is 80.8 Å². The van der Waals surface area contributed by atoms with Gasteiger partial charge in [0.1, 0.15) is 5.69 Å². The van der Waals surface area contributed by atoms with Crippen LogP contribution in [0.3, 0.4) is 0 Å². The first-order valence-electron chi connectivity index (χ1n) is 18.4. The van der Waals surface area contributed by atoms with Gasteiger partial charge >= 0.3 is 0 Å². The standard InChI is InChI=1S/C50H30N4/c1-2-15-34-29-46-41(28-33(34)14-1)38-19-7-10-23-44(38)53(46)35-25-26-40-47(30-35)54(45-27-24-32-13-4-6-18-37(32)48(40)45)50-49(51-42-21-8-9-22-43(42)52-50)39-20-11-16-31-12-3-5-17-36(31)39/h1-30H. The second-order valence-electron chi connectivity index (χ2n) is 14.2. The van der Waals surface area contributed by atoms with Gasteiger partial charge in [0, 0.05) is 32.8 Å². The summed E-state index contributed by atoms with van der Waals surface area (Å²) in [5.41, 5.74) is 9.27. The van der Waals surface area contributed by atoms with Gasteiger partial charge in [-0.2, -0.15) is 0 Å². The maximum Gasteiger partial charge on any atom is 0.165 e. The Bertz CT molecular complexity index is 3510. The summed E-state index contributed by atoms with van der Waals surface area (Å²) < 4.78 is 4.79. The topological polar surface area (TPSA) is 35.6 Å². The molecule has 0 bridgehead atoms. The van der Waals surface area contributed by atoms with Crippen molar-refractivity contribution in [2.24, 2.45) is 0 Å². The van der Waals surface area contributed by atoms with E-state index in [0.717, 1.165) is 50.2 Å². The molecule has 0 saturated heterocycles. The lowest BCUT2D eigenvalue weighted by Gasteiger charge is -2.16. The Morgan fingerprint density at radius 2 is 0.963 bits per heavy atom. The van der Waals surface area contributed by atoms with Crippen molar-refractivity contribution in [2.75, 3.05) is 0 Å². The number of hydrogen-bond acceptors (Lipinski definition) is 2. The van der Waals surface area contributed by atoms with Crippen LogP contribution in [0.15, 0.2) is 182 Å². The molecule has 12 aromatic rings. The minimum atomic E-state index is 0.811. The number of rotatable bonds is 3. The first-order valence-corrected chi connectivity index (χ1v) is 18.4. The van der Waals surface area contributed by atoms with Crippen LogP contribution < -0.4 is 0 Å². The minimum Gasteiger partial charge on any atom is -0.309 e. The van der Waals surface area contributed by atoms with E-state index in [1.165, 1.54) is 59.5 Å². The van der Waals surface area contributed by atoms with E-state index in [1.54, 1.807) is 0 Å². The molecule has 0 saturated carbocycles. The highest BCUT2D eigenvalue weighted by atomic mass is 15.1. The second kappa shape index (κ2) is 11.1. The Hall–Kier alpha value is -7.30. The Kier molecular flexibility index (Phi) is 6.02. The van der Waals surface area contributed by atoms with Crippen LogP contribution >= 0.6 is 0 Å². The summed E-state index contributed by atoms with van der Waals surface area (Å²) in [4.78, 5) is 10.9. The molecule has 3 heterocycles. The van der Waals surface area contributed by atoms with Crippen molar-refractivity contribution >= 4 is 87.0 Å².